The predicted octanol–water partition coefficient (Wildman–Crippen LogP) is 1.08. The molecule has 0 unspecified atom stereocenters. The molecule has 1 aromatic carbocycles. The molecule has 0 radical (unpaired) electrons. The van der Waals surface area contributed by atoms with Crippen LogP contribution in [0.2, 0.25) is 0 Å². The molecule has 0 saturated carbocycles. The topological polar surface area (TPSA) is 75.1 Å². The molecule has 5 nitrogen and oxygen atoms in total. The van der Waals surface area contributed by atoms with E-state index in [-0.39, 0.29) is 5.91 Å². The normalized spacial score (nSPS) is 10.4. The molecule has 1 heterocycles. The summed E-state index contributed by atoms with van der Waals surface area (Å²) in [5, 5.41) is 2.60. The largest absolute Gasteiger partial charge is 0.417 e. The Balaban J connectivity index is 2.50. The number of hydrogen-bond donors (Lipinski definition) is 2. The minimum atomic E-state index is -0.500. The van der Waals surface area contributed by atoms with E-state index >= 15 is 0 Å². The number of aromatic nitrogens is 1. The van der Waals surface area contributed by atoms with Crippen LogP contribution in [0, 0.1) is 0 Å². The van der Waals surface area contributed by atoms with Gasteiger partial charge in [-0.05, 0) is 18.2 Å². The SMILES string of the molecule is CC(=O)Nc1ccc2oc(=O)[nH]c2c1. The Hall–Kier alpha value is -2.04. The van der Waals surface area contributed by atoms with Gasteiger partial charge in [-0.15, -0.1) is 0 Å². The van der Waals surface area contributed by atoms with E-state index in [0.29, 0.717) is 16.8 Å². The van der Waals surface area contributed by atoms with E-state index in [1.165, 1.54) is 6.92 Å². The van der Waals surface area contributed by atoms with Gasteiger partial charge in [-0.2, -0.15) is 0 Å². The summed E-state index contributed by atoms with van der Waals surface area (Å²) >= 11 is 0. The number of rotatable bonds is 1. The fourth-order valence-electron chi connectivity index (χ4n) is 1.23. The van der Waals surface area contributed by atoms with Crippen molar-refractivity contribution in [2.75, 3.05) is 5.32 Å². The quantitative estimate of drug-likeness (QED) is 0.709. The third kappa shape index (κ3) is 1.52. The Morgan fingerprint density at radius 2 is 2.29 bits per heavy atom. The van der Waals surface area contributed by atoms with Gasteiger partial charge in [-0.3, -0.25) is 9.78 Å². The van der Waals surface area contributed by atoms with Crippen molar-refractivity contribution in [2.24, 2.45) is 0 Å². The summed E-state index contributed by atoms with van der Waals surface area (Å²) in [7, 11) is 0. The van der Waals surface area contributed by atoms with Crippen molar-refractivity contribution in [3.8, 4) is 0 Å². The van der Waals surface area contributed by atoms with Crippen LogP contribution in [0.25, 0.3) is 11.1 Å². The molecule has 0 saturated heterocycles. The number of fused-ring (bicyclic) bond motifs is 1. The number of anilines is 1. The van der Waals surface area contributed by atoms with E-state index in [9.17, 15) is 9.59 Å². The zero-order valence-electron chi connectivity index (χ0n) is 7.46. The molecule has 0 atom stereocenters. The summed E-state index contributed by atoms with van der Waals surface area (Å²) in [5.41, 5.74) is 1.67. The van der Waals surface area contributed by atoms with Crippen LogP contribution < -0.4 is 11.1 Å². The van der Waals surface area contributed by atoms with Crippen molar-refractivity contribution in [3.05, 3.63) is 28.7 Å². The van der Waals surface area contributed by atoms with Crippen molar-refractivity contribution < 1.29 is 9.21 Å². The average Bonchev–Trinajstić information content (AvgIpc) is 2.42. The van der Waals surface area contributed by atoms with Crippen LogP contribution in [0.3, 0.4) is 0 Å². The lowest BCUT2D eigenvalue weighted by molar-refractivity contribution is -0.114. The van der Waals surface area contributed by atoms with E-state index in [4.69, 9.17) is 4.42 Å². The highest BCUT2D eigenvalue weighted by Crippen LogP contribution is 2.15. The van der Waals surface area contributed by atoms with Crippen LogP contribution in [-0.2, 0) is 4.79 Å². The van der Waals surface area contributed by atoms with E-state index < -0.39 is 5.76 Å². The molecule has 1 aromatic heterocycles. The summed E-state index contributed by atoms with van der Waals surface area (Å²) in [6, 6.07) is 4.93. The average molecular weight is 192 g/mol. The molecule has 2 rings (SSSR count). The third-order valence-electron chi connectivity index (χ3n) is 1.74. The molecule has 0 aliphatic rings. The van der Waals surface area contributed by atoms with Gasteiger partial charge in [0, 0.05) is 12.6 Å². The number of carbonyl (C=O) groups is 1. The van der Waals surface area contributed by atoms with Crippen molar-refractivity contribution in [2.45, 2.75) is 6.92 Å². The molecule has 1 amide bonds. The van der Waals surface area contributed by atoms with E-state index in [2.05, 4.69) is 10.3 Å². The summed E-state index contributed by atoms with van der Waals surface area (Å²) in [6.45, 7) is 1.42. The molecule has 0 aliphatic heterocycles. The maximum atomic E-state index is 10.8. The highest BCUT2D eigenvalue weighted by molar-refractivity contribution is 5.91. The molecule has 14 heavy (non-hydrogen) atoms. The first-order valence-corrected chi connectivity index (χ1v) is 4.05. The van der Waals surface area contributed by atoms with Gasteiger partial charge in [0.05, 0.1) is 5.52 Å². The van der Waals surface area contributed by atoms with Gasteiger partial charge in [-0.25, -0.2) is 4.79 Å². The van der Waals surface area contributed by atoms with Crippen LogP contribution in [0.5, 0.6) is 0 Å². The third-order valence-corrected chi connectivity index (χ3v) is 1.74. The monoisotopic (exact) mass is 192 g/mol. The predicted molar refractivity (Wildman–Crippen MR) is 51.1 cm³/mol. The minimum Gasteiger partial charge on any atom is -0.408 e. The fourth-order valence-corrected chi connectivity index (χ4v) is 1.23. The molecule has 2 N–H and O–H groups in total. The Morgan fingerprint density at radius 1 is 1.50 bits per heavy atom. The fraction of sp³-hybridized carbons (Fsp3) is 0.111. The zero-order valence-corrected chi connectivity index (χ0v) is 7.46. The van der Waals surface area contributed by atoms with Gasteiger partial charge in [-0.1, -0.05) is 0 Å². The summed E-state index contributed by atoms with van der Waals surface area (Å²) < 4.78 is 4.80. The lowest BCUT2D eigenvalue weighted by atomic mass is 10.3. The lowest BCUT2D eigenvalue weighted by Gasteiger charge is -1.99. The second-order valence-corrected chi connectivity index (χ2v) is 2.91. The first-order chi connectivity index (χ1) is 6.65. The number of H-pyrrole nitrogens is 1. The second kappa shape index (κ2) is 3.02. The molecule has 0 spiro atoms. The maximum Gasteiger partial charge on any atom is 0.417 e. The van der Waals surface area contributed by atoms with Crippen LogP contribution >= 0.6 is 0 Å². The minimum absolute atomic E-state index is 0.157. The molecule has 72 valence electrons. The number of aromatic amines is 1. The number of nitrogens with one attached hydrogen (secondary N) is 2. The van der Waals surface area contributed by atoms with Crippen LogP contribution in [-0.4, -0.2) is 10.9 Å². The number of hydrogen-bond acceptors (Lipinski definition) is 3. The molecule has 0 fully saturated rings. The highest BCUT2D eigenvalue weighted by Gasteiger charge is 2.02. The number of oxazole rings is 1. The van der Waals surface area contributed by atoms with Crippen molar-refractivity contribution in [1.82, 2.24) is 4.98 Å². The maximum absolute atomic E-state index is 10.8. The lowest BCUT2D eigenvalue weighted by Crippen LogP contribution is -2.05. The van der Waals surface area contributed by atoms with Gasteiger partial charge in [0.15, 0.2) is 5.58 Å². The Kier molecular flexibility index (Phi) is 1.85. The van der Waals surface area contributed by atoms with Crippen LogP contribution in [0.1, 0.15) is 6.92 Å². The Morgan fingerprint density at radius 3 is 3.00 bits per heavy atom. The molecular weight excluding hydrogens is 184 g/mol. The van der Waals surface area contributed by atoms with E-state index in [1.807, 2.05) is 0 Å². The van der Waals surface area contributed by atoms with E-state index in [1.54, 1.807) is 18.2 Å². The summed E-state index contributed by atoms with van der Waals surface area (Å²) in [5.74, 6) is -0.657. The van der Waals surface area contributed by atoms with Crippen molar-refractivity contribution in [3.63, 3.8) is 0 Å². The number of amides is 1. The van der Waals surface area contributed by atoms with Crippen molar-refractivity contribution in [1.29, 1.82) is 0 Å². The smallest absolute Gasteiger partial charge is 0.408 e. The van der Waals surface area contributed by atoms with Gasteiger partial charge >= 0.3 is 5.76 Å². The van der Waals surface area contributed by atoms with Gasteiger partial charge in [0.1, 0.15) is 0 Å². The molecule has 0 bridgehead atoms. The Labute approximate surface area is 78.7 Å². The van der Waals surface area contributed by atoms with Gasteiger partial charge < -0.3 is 9.73 Å². The molecule has 2 aromatic rings. The highest BCUT2D eigenvalue weighted by atomic mass is 16.4. The van der Waals surface area contributed by atoms with Gasteiger partial charge in [0.25, 0.3) is 0 Å². The van der Waals surface area contributed by atoms with Crippen molar-refractivity contribution >= 4 is 22.7 Å². The second-order valence-electron chi connectivity index (χ2n) is 2.91. The number of carbonyl (C=O) groups excluding carboxylic acids is 1. The molecule has 5 heteroatoms. The standard InChI is InChI=1S/C9H8N2O3/c1-5(12)10-6-2-3-8-7(4-6)11-9(13)14-8/h2-4H,1H3,(H,10,12)(H,11,13). The first-order valence-electron chi connectivity index (χ1n) is 4.05. The van der Waals surface area contributed by atoms with Crippen LogP contribution in [0.15, 0.2) is 27.4 Å². The summed E-state index contributed by atoms with van der Waals surface area (Å²) in [4.78, 5) is 24.1. The molecular formula is C9H8N2O3. The Bertz CT molecular complexity index is 538. The van der Waals surface area contributed by atoms with Crippen LogP contribution in [0.4, 0.5) is 5.69 Å². The molecule has 0 aliphatic carbocycles. The van der Waals surface area contributed by atoms with E-state index in [0.717, 1.165) is 0 Å². The first kappa shape index (κ1) is 8.55. The van der Waals surface area contributed by atoms with Gasteiger partial charge in [0.2, 0.25) is 5.91 Å². The zero-order chi connectivity index (χ0) is 10.1. The summed E-state index contributed by atoms with van der Waals surface area (Å²) in [6.07, 6.45) is 0. The number of benzene rings is 1.